The van der Waals surface area contributed by atoms with Crippen molar-refractivity contribution in [1.29, 1.82) is 0 Å². The third-order valence-electron chi connectivity index (χ3n) is 3.55. The Morgan fingerprint density at radius 1 is 1.10 bits per heavy atom. The summed E-state index contributed by atoms with van der Waals surface area (Å²) in [6.07, 6.45) is 0. The second-order valence-electron chi connectivity index (χ2n) is 5.14. The van der Waals surface area contributed by atoms with Crippen LogP contribution < -0.4 is 10.6 Å². The lowest BCUT2D eigenvalue weighted by Gasteiger charge is -2.28. The number of hydrogen-bond donors (Lipinski definition) is 1. The van der Waals surface area contributed by atoms with Crippen LogP contribution >= 0.6 is 0 Å². The molecule has 0 radical (unpaired) electrons. The summed E-state index contributed by atoms with van der Waals surface area (Å²) in [4.78, 5) is 1.82. The van der Waals surface area contributed by atoms with E-state index in [2.05, 4.69) is 0 Å². The van der Waals surface area contributed by atoms with Crippen molar-refractivity contribution < 1.29 is 8.78 Å². The van der Waals surface area contributed by atoms with Crippen molar-refractivity contribution in [3.63, 3.8) is 0 Å². The van der Waals surface area contributed by atoms with Gasteiger partial charge in [0.1, 0.15) is 11.6 Å². The number of anilines is 2. The minimum absolute atomic E-state index is 0.296. The van der Waals surface area contributed by atoms with Crippen molar-refractivity contribution in [1.82, 2.24) is 0 Å². The molecule has 112 valence electrons. The van der Waals surface area contributed by atoms with Crippen LogP contribution in [0.3, 0.4) is 0 Å². The Labute approximate surface area is 124 Å². The summed E-state index contributed by atoms with van der Waals surface area (Å²) >= 11 is 0. The molecule has 4 heteroatoms. The number of nitrogens with two attached hydrogens (primary N) is 1. The zero-order valence-corrected chi connectivity index (χ0v) is 12.5. The molecule has 0 aliphatic carbocycles. The maximum atomic E-state index is 14.1. The van der Waals surface area contributed by atoms with Crippen molar-refractivity contribution in [3.05, 3.63) is 59.2 Å². The fourth-order valence-electron chi connectivity index (χ4n) is 2.42. The molecular formula is C17H20F2N2. The van der Waals surface area contributed by atoms with Crippen LogP contribution in [-0.4, -0.2) is 6.54 Å². The van der Waals surface area contributed by atoms with Crippen molar-refractivity contribution in [3.8, 4) is 0 Å². The maximum Gasteiger partial charge on any atom is 0.146 e. The summed E-state index contributed by atoms with van der Waals surface area (Å²) in [6, 6.07) is 9.39. The lowest BCUT2D eigenvalue weighted by atomic mass is 10.0. The van der Waals surface area contributed by atoms with Gasteiger partial charge in [-0.15, -0.1) is 0 Å². The minimum Gasteiger partial charge on any atom is -0.339 e. The van der Waals surface area contributed by atoms with Crippen molar-refractivity contribution in [2.24, 2.45) is 5.73 Å². The predicted molar refractivity (Wildman–Crippen MR) is 82.8 cm³/mol. The normalized spacial score (nSPS) is 12.3. The Balaban J connectivity index is 2.62. The highest BCUT2D eigenvalue weighted by molar-refractivity contribution is 5.68. The van der Waals surface area contributed by atoms with Crippen LogP contribution in [-0.2, 0) is 0 Å². The second-order valence-corrected chi connectivity index (χ2v) is 5.14. The first-order chi connectivity index (χ1) is 9.95. The van der Waals surface area contributed by atoms with E-state index in [0.29, 0.717) is 23.4 Å². The van der Waals surface area contributed by atoms with E-state index < -0.39 is 0 Å². The smallest absolute Gasteiger partial charge is 0.146 e. The average molecular weight is 290 g/mol. The minimum atomic E-state index is -0.337. The van der Waals surface area contributed by atoms with E-state index in [-0.39, 0.29) is 17.7 Å². The molecule has 0 saturated heterocycles. The Morgan fingerprint density at radius 3 is 2.33 bits per heavy atom. The van der Waals surface area contributed by atoms with E-state index in [4.69, 9.17) is 5.73 Å². The molecule has 0 amide bonds. The number of hydrogen-bond acceptors (Lipinski definition) is 2. The molecule has 0 heterocycles. The zero-order valence-electron chi connectivity index (χ0n) is 12.5. The van der Waals surface area contributed by atoms with Gasteiger partial charge in [0.15, 0.2) is 0 Å². The third-order valence-corrected chi connectivity index (χ3v) is 3.55. The van der Waals surface area contributed by atoms with Gasteiger partial charge in [-0.25, -0.2) is 8.78 Å². The lowest BCUT2D eigenvalue weighted by Crippen LogP contribution is -2.21. The van der Waals surface area contributed by atoms with Crippen molar-refractivity contribution in [2.45, 2.75) is 26.8 Å². The molecule has 0 aromatic heterocycles. The molecule has 0 aliphatic rings. The van der Waals surface area contributed by atoms with Crippen LogP contribution in [0.5, 0.6) is 0 Å². The SMILES string of the molecule is CCN(c1ccccc1F)c1cc(C)c(F)cc1C(C)N. The molecule has 2 rings (SSSR count). The van der Waals surface area contributed by atoms with Crippen LogP contribution in [0.2, 0.25) is 0 Å². The molecule has 2 aromatic carbocycles. The van der Waals surface area contributed by atoms with Crippen LogP contribution in [0, 0.1) is 18.6 Å². The highest BCUT2D eigenvalue weighted by atomic mass is 19.1. The van der Waals surface area contributed by atoms with Gasteiger partial charge in [-0.05, 0) is 56.2 Å². The summed E-state index contributed by atoms with van der Waals surface area (Å²) in [5.74, 6) is -0.604. The predicted octanol–water partition coefficient (Wildman–Crippen LogP) is 4.45. The van der Waals surface area contributed by atoms with Gasteiger partial charge in [0, 0.05) is 18.3 Å². The molecule has 0 spiro atoms. The average Bonchev–Trinajstić information content (AvgIpc) is 2.44. The fraction of sp³-hybridized carbons (Fsp3) is 0.294. The molecule has 2 nitrogen and oxygen atoms in total. The quantitative estimate of drug-likeness (QED) is 0.901. The van der Waals surface area contributed by atoms with E-state index in [9.17, 15) is 8.78 Å². The van der Waals surface area contributed by atoms with E-state index in [1.165, 1.54) is 12.1 Å². The first-order valence-electron chi connectivity index (χ1n) is 7.03. The number of para-hydroxylation sites is 1. The number of nitrogens with zero attached hydrogens (tertiary/aromatic N) is 1. The molecule has 1 atom stereocenters. The maximum absolute atomic E-state index is 14.1. The molecule has 1 unspecified atom stereocenters. The van der Waals surface area contributed by atoms with Gasteiger partial charge >= 0.3 is 0 Å². The Hall–Kier alpha value is -1.94. The molecule has 2 N–H and O–H groups in total. The van der Waals surface area contributed by atoms with Crippen LogP contribution in [0.4, 0.5) is 20.2 Å². The van der Waals surface area contributed by atoms with Crippen molar-refractivity contribution in [2.75, 3.05) is 11.4 Å². The topological polar surface area (TPSA) is 29.3 Å². The highest BCUT2D eigenvalue weighted by Gasteiger charge is 2.18. The molecule has 0 fully saturated rings. The molecular weight excluding hydrogens is 270 g/mol. The number of benzene rings is 2. The van der Waals surface area contributed by atoms with Gasteiger partial charge in [0.05, 0.1) is 5.69 Å². The van der Waals surface area contributed by atoms with E-state index in [0.717, 1.165) is 5.69 Å². The number of aryl methyl sites for hydroxylation is 1. The third kappa shape index (κ3) is 3.05. The molecule has 0 aliphatic heterocycles. The number of halogens is 2. The fourth-order valence-corrected chi connectivity index (χ4v) is 2.42. The largest absolute Gasteiger partial charge is 0.339 e. The Bertz CT molecular complexity index is 639. The van der Waals surface area contributed by atoms with E-state index >= 15 is 0 Å². The van der Waals surface area contributed by atoms with Crippen LogP contribution in [0.25, 0.3) is 0 Å². The second kappa shape index (κ2) is 6.22. The number of rotatable bonds is 4. The Kier molecular flexibility index (Phi) is 4.58. The summed E-state index contributed by atoms with van der Waals surface area (Å²) in [5, 5.41) is 0. The van der Waals surface area contributed by atoms with Gasteiger partial charge in [0.2, 0.25) is 0 Å². The first-order valence-corrected chi connectivity index (χ1v) is 7.03. The van der Waals surface area contributed by atoms with Gasteiger partial charge in [0.25, 0.3) is 0 Å². The van der Waals surface area contributed by atoms with Gasteiger partial charge in [-0.2, -0.15) is 0 Å². The molecule has 21 heavy (non-hydrogen) atoms. The van der Waals surface area contributed by atoms with Crippen LogP contribution in [0.1, 0.15) is 31.0 Å². The summed E-state index contributed by atoms with van der Waals surface area (Å²) in [7, 11) is 0. The standard InChI is InChI=1S/C17H20F2N2/c1-4-21(16-8-6-5-7-14(16)18)17-9-11(2)15(19)10-13(17)12(3)20/h5-10,12H,4,20H2,1-3H3. The lowest BCUT2D eigenvalue weighted by molar-refractivity contribution is 0.612. The van der Waals surface area contributed by atoms with Crippen LogP contribution in [0.15, 0.2) is 36.4 Å². The molecule has 0 saturated carbocycles. The van der Waals surface area contributed by atoms with E-state index in [1.54, 1.807) is 38.1 Å². The summed E-state index contributed by atoms with van der Waals surface area (Å²) < 4.78 is 27.9. The summed E-state index contributed by atoms with van der Waals surface area (Å²) in [5.41, 5.74) is 8.35. The highest BCUT2D eigenvalue weighted by Crippen LogP contribution is 2.34. The Morgan fingerprint density at radius 2 is 1.76 bits per heavy atom. The van der Waals surface area contributed by atoms with E-state index in [1.807, 2.05) is 11.8 Å². The zero-order chi connectivity index (χ0) is 15.6. The summed E-state index contributed by atoms with van der Waals surface area (Å²) in [6.45, 7) is 5.98. The first kappa shape index (κ1) is 15.4. The van der Waals surface area contributed by atoms with Crippen molar-refractivity contribution >= 4 is 11.4 Å². The van der Waals surface area contributed by atoms with Gasteiger partial charge in [-0.3, -0.25) is 0 Å². The van der Waals surface area contributed by atoms with Gasteiger partial charge < -0.3 is 10.6 Å². The monoisotopic (exact) mass is 290 g/mol. The molecule has 2 aromatic rings. The molecule has 0 bridgehead atoms. The van der Waals surface area contributed by atoms with Gasteiger partial charge in [-0.1, -0.05) is 12.1 Å².